The first kappa shape index (κ1) is 21.7. The molecule has 0 saturated carbocycles. The van der Waals surface area contributed by atoms with E-state index in [2.05, 4.69) is 37.8 Å². The van der Waals surface area contributed by atoms with Crippen LogP contribution < -0.4 is 10.6 Å². The molecular weight excluding hydrogens is 380 g/mol. The summed E-state index contributed by atoms with van der Waals surface area (Å²) in [5.41, 5.74) is 2.65. The second-order valence-corrected chi connectivity index (χ2v) is 8.51. The Labute approximate surface area is 178 Å². The lowest BCUT2D eigenvalue weighted by atomic mass is 10.2. The van der Waals surface area contributed by atoms with Gasteiger partial charge in [0.2, 0.25) is 0 Å². The molecule has 1 fully saturated rings. The third-order valence-corrected chi connectivity index (χ3v) is 4.82. The number of amides is 1. The number of likely N-dealkylation sites (tertiary alicyclic amines) is 1. The molecule has 8 nitrogen and oxygen atoms in total. The maximum atomic E-state index is 12.0. The molecule has 162 valence electrons. The van der Waals surface area contributed by atoms with Gasteiger partial charge in [0, 0.05) is 32.9 Å². The van der Waals surface area contributed by atoms with E-state index in [-0.39, 0.29) is 12.1 Å². The van der Waals surface area contributed by atoms with Crippen molar-refractivity contribution >= 4 is 12.1 Å². The van der Waals surface area contributed by atoms with E-state index in [1.165, 1.54) is 0 Å². The molecular formula is C22H32N6O2. The highest BCUT2D eigenvalue weighted by atomic mass is 16.6. The highest BCUT2D eigenvalue weighted by Gasteiger charge is 2.27. The third-order valence-electron chi connectivity index (χ3n) is 4.82. The van der Waals surface area contributed by atoms with E-state index in [1.54, 1.807) is 7.05 Å². The monoisotopic (exact) mass is 412 g/mol. The summed E-state index contributed by atoms with van der Waals surface area (Å²) in [5.74, 6) is 0.815. The lowest BCUT2D eigenvalue weighted by Gasteiger charge is -2.23. The molecule has 0 aliphatic carbocycles. The molecule has 0 spiro atoms. The summed E-state index contributed by atoms with van der Waals surface area (Å²) in [6.45, 7) is 9.71. The number of aliphatic imine (C=N–C) groups is 1. The average molecular weight is 413 g/mol. The summed E-state index contributed by atoms with van der Waals surface area (Å²) in [4.78, 5) is 18.6. The quantitative estimate of drug-likeness (QED) is 0.596. The molecule has 3 rings (SSSR count). The molecule has 2 N–H and O–H groups in total. The Bertz CT molecular complexity index is 899. The van der Waals surface area contributed by atoms with Gasteiger partial charge in [-0.3, -0.25) is 4.99 Å². The van der Waals surface area contributed by atoms with Crippen molar-refractivity contribution in [3.63, 3.8) is 0 Å². The minimum absolute atomic E-state index is 0.0396. The number of para-hydroxylation sites is 1. The highest BCUT2D eigenvalue weighted by molar-refractivity contribution is 5.80. The molecule has 0 bridgehead atoms. The number of nitrogens with one attached hydrogen (secondary N) is 2. The van der Waals surface area contributed by atoms with Crippen molar-refractivity contribution < 1.29 is 9.53 Å². The fraction of sp³-hybridized carbons (Fsp3) is 0.500. The van der Waals surface area contributed by atoms with Gasteiger partial charge in [0.1, 0.15) is 5.60 Å². The van der Waals surface area contributed by atoms with Crippen LogP contribution in [0.2, 0.25) is 0 Å². The maximum Gasteiger partial charge on any atom is 0.407 e. The van der Waals surface area contributed by atoms with E-state index in [4.69, 9.17) is 4.74 Å². The van der Waals surface area contributed by atoms with Gasteiger partial charge < -0.3 is 20.3 Å². The molecule has 1 aliphatic rings. The molecule has 1 amide bonds. The van der Waals surface area contributed by atoms with E-state index < -0.39 is 5.60 Å². The van der Waals surface area contributed by atoms with Crippen LogP contribution >= 0.6 is 0 Å². The standard InChI is InChI=1S/C22H32N6O2/c1-16-10-13-28(26-16)19-9-7-6-8-17(19)14-24-20(23-5)27-12-11-18(15-27)25-21(29)30-22(2,3)4/h6-10,13,18H,11-12,14-15H2,1-5H3,(H,23,24)(H,25,29)/t18-/m1/s1. The van der Waals surface area contributed by atoms with Gasteiger partial charge in [-0.25, -0.2) is 9.48 Å². The summed E-state index contributed by atoms with van der Waals surface area (Å²) in [5, 5.41) is 10.9. The Morgan fingerprint density at radius 3 is 2.73 bits per heavy atom. The summed E-state index contributed by atoms with van der Waals surface area (Å²) >= 11 is 0. The Morgan fingerprint density at radius 2 is 2.07 bits per heavy atom. The van der Waals surface area contributed by atoms with Crippen LogP contribution in [-0.2, 0) is 11.3 Å². The molecule has 2 aromatic rings. The van der Waals surface area contributed by atoms with E-state index in [0.29, 0.717) is 13.1 Å². The van der Waals surface area contributed by atoms with Crippen molar-refractivity contribution in [2.75, 3.05) is 20.1 Å². The third kappa shape index (κ3) is 5.75. The summed E-state index contributed by atoms with van der Waals surface area (Å²) in [6.07, 6.45) is 2.44. The highest BCUT2D eigenvalue weighted by Crippen LogP contribution is 2.15. The number of carbonyl (C=O) groups excluding carboxylic acids is 1. The van der Waals surface area contributed by atoms with E-state index in [9.17, 15) is 4.79 Å². The average Bonchev–Trinajstić information content (AvgIpc) is 3.30. The normalized spacial score (nSPS) is 17.2. The fourth-order valence-corrected chi connectivity index (χ4v) is 3.48. The number of carbonyl (C=O) groups is 1. The first-order valence-electron chi connectivity index (χ1n) is 10.3. The van der Waals surface area contributed by atoms with Crippen LogP contribution in [-0.4, -0.2) is 58.5 Å². The van der Waals surface area contributed by atoms with Crippen LogP contribution in [0.3, 0.4) is 0 Å². The first-order valence-corrected chi connectivity index (χ1v) is 10.3. The van der Waals surface area contributed by atoms with Crippen molar-refractivity contribution in [2.24, 2.45) is 4.99 Å². The summed E-state index contributed by atoms with van der Waals surface area (Å²) in [7, 11) is 1.78. The van der Waals surface area contributed by atoms with Crippen molar-refractivity contribution in [3.05, 3.63) is 47.8 Å². The Kier molecular flexibility index (Phi) is 6.64. The maximum absolute atomic E-state index is 12.0. The molecule has 0 radical (unpaired) electrons. The zero-order chi connectivity index (χ0) is 21.7. The van der Waals surface area contributed by atoms with Gasteiger partial charge in [-0.15, -0.1) is 0 Å². The molecule has 1 aromatic heterocycles. The van der Waals surface area contributed by atoms with Crippen molar-refractivity contribution in [1.82, 2.24) is 25.3 Å². The number of aryl methyl sites for hydroxylation is 1. The van der Waals surface area contributed by atoms with Crippen LogP contribution in [0.1, 0.15) is 38.4 Å². The molecule has 0 unspecified atom stereocenters. The summed E-state index contributed by atoms with van der Waals surface area (Å²) in [6, 6.07) is 10.2. The zero-order valence-corrected chi connectivity index (χ0v) is 18.5. The molecule has 1 aliphatic heterocycles. The number of aromatic nitrogens is 2. The minimum Gasteiger partial charge on any atom is -0.444 e. The largest absolute Gasteiger partial charge is 0.444 e. The van der Waals surface area contributed by atoms with E-state index in [0.717, 1.165) is 35.9 Å². The number of hydrogen-bond donors (Lipinski definition) is 2. The van der Waals surface area contributed by atoms with Gasteiger partial charge in [-0.1, -0.05) is 18.2 Å². The van der Waals surface area contributed by atoms with E-state index >= 15 is 0 Å². The molecule has 8 heteroatoms. The van der Waals surface area contributed by atoms with Gasteiger partial charge in [0.25, 0.3) is 0 Å². The van der Waals surface area contributed by atoms with Crippen LogP contribution in [0.5, 0.6) is 0 Å². The zero-order valence-electron chi connectivity index (χ0n) is 18.5. The molecule has 1 aromatic carbocycles. The Morgan fingerprint density at radius 1 is 1.30 bits per heavy atom. The Balaban J connectivity index is 1.58. The van der Waals surface area contributed by atoms with Crippen LogP contribution in [0.25, 0.3) is 5.69 Å². The molecule has 30 heavy (non-hydrogen) atoms. The second kappa shape index (κ2) is 9.19. The van der Waals surface area contributed by atoms with Gasteiger partial charge in [-0.05, 0) is 51.8 Å². The number of nitrogens with zero attached hydrogens (tertiary/aromatic N) is 4. The van der Waals surface area contributed by atoms with Crippen molar-refractivity contribution in [3.8, 4) is 5.69 Å². The lowest BCUT2D eigenvalue weighted by Crippen LogP contribution is -2.44. The SMILES string of the molecule is CN=C(NCc1ccccc1-n1ccc(C)n1)N1CC[C@@H](NC(=O)OC(C)(C)C)C1. The number of ether oxygens (including phenoxy) is 1. The smallest absolute Gasteiger partial charge is 0.407 e. The Hall–Kier alpha value is -3.03. The first-order chi connectivity index (χ1) is 14.2. The second-order valence-electron chi connectivity index (χ2n) is 8.51. The fourth-order valence-electron chi connectivity index (χ4n) is 3.48. The van der Waals surface area contributed by atoms with Crippen LogP contribution in [0, 0.1) is 6.92 Å². The van der Waals surface area contributed by atoms with E-state index in [1.807, 2.05) is 56.8 Å². The lowest BCUT2D eigenvalue weighted by molar-refractivity contribution is 0.0507. The minimum atomic E-state index is -0.500. The van der Waals surface area contributed by atoms with Gasteiger partial charge in [-0.2, -0.15) is 5.10 Å². The number of hydrogen-bond acceptors (Lipinski definition) is 4. The number of rotatable bonds is 4. The number of alkyl carbamates (subject to hydrolysis) is 1. The predicted octanol–water partition coefficient (Wildman–Crippen LogP) is 2.86. The van der Waals surface area contributed by atoms with Crippen LogP contribution in [0.4, 0.5) is 4.79 Å². The topological polar surface area (TPSA) is 83.8 Å². The van der Waals surface area contributed by atoms with Gasteiger partial charge >= 0.3 is 6.09 Å². The van der Waals surface area contributed by atoms with Gasteiger partial charge in [0.15, 0.2) is 5.96 Å². The van der Waals surface area contributed by atoms with Crippen LogP contribution in [0.15, 0.2) is 41.5 Å². The molecule has 2 heterocycles. The molecule has 1 atom stereocenters. The predicted molar refractivity (Wildman–Crippen MR) is 118 cm³/mol. The summed E-state index contributed by atoms with van der Waals surface area (Å²) < 4.78 is 7.26. The van der Waals surface area contributed by atoms with Gasteiger partial charge in [0.05, 0.1) is 17.4 Å². The number of benzene rings is 1. The van der Waals surface area contributed by atoms with Crippen molar-refractivity contribution in [1.29, 1.82) is 0 Å². The number of guanidine groups is 1. The van der Waals surface area contributed by atoms with Crippen molar-refractivity contribution in [2.45, 2.75) is 52.3 Å². The molecule has 1 saturated heterocycles.